The molecule has 2 N–H and O–H groups in total. The minimum atomic E-state index is 0.697. The van der Waals surface area contributed by atoms with Gasteiger partial charge in [-0.15, -0.1) is 0 Å². The predicted molar refractivity (Wildman–Crippen MR) is 72.8 cm³/mol. The summed E-state index contributed by atoms with van der Waals surface area (Å²) < 4.78 is 10.6. The first-order chi connectivity index (χ1) is 8.72. The van der Waals surface area contributed by atoms with Crippen LogP contribution in [0.15, 0.2) is 41.0 Å². The Hall–Kier alpha value is -2.10. The van der Waals surface area contributed by atoms with E-state index in [-0.39, 0.29) is 0 Å². The lowest BCUT2D eigenvalue weighted by molar-refractivity contribution is 0.415. The van der Waals surface area contributed by atoms with E-state index in [1.165, 1.54) is 0 Å². The largest absolute Gasteiger partial charge is 0.497 e. The van der Waals surface area contributed by atoms with E-state index in [0.717, 1.165) is 30.3 Å². The lowest BCUT2D eigenvalue weighted by atomic mass is 10.2. The molecular weight excluding hydrogens is 228 g/mol. The zero-order valence-corrected chi connectivity index (χ0v) is 10.7. The van der Waals surface area contributed by atoms with Crippen LogP contribution >= 0.6 is 0 Å². The average Bonchev–Trinajstić information content (AvgIpc) is 2.88. The van der Waals surface area contributed by atoms with Crippen LogP contribution in [0.5, 0.6) is 5.75 Å². The summed E-state index contributed by atoms with van der Waals surface area (Å²) in [6.07, 6.45) is 1.68. The third-order valence-electron chi connectivity index (χ3n) is 2.82. The van der Waals surface area contributed by atoms with Crippen molar-refractivity contribution in [1.82, 2.24) is 0 Å². The van der Waals surface area contributed by atoms with Crippen LogP contribution in [0.2, 0.25) is 0 Å². The number of nitrogen functional groups attached to an aromatic ring is 1. The van der Waals surface area contributed by atoms with Crippen molar-refractivity contribution < 1.29 is 9.15 Å². The standard InChI is InChI=1S/C14H18N2O2/c1-3-16(10-13-5-4-6-18-13)12-7-11(15)8-14(9-12)17-2/h4-9H,3,10,15H2,1-2H3. The van der Waals surface area contributed by atoms with Crippen LogP contribution in [-0.2, 0) is 6.54 Å². The second kappa shape index (κ2) is 5.49. The number of methoxy groups -OCH3 is 1. The van der Waals surface area contributed by atoms with Crippen molar-refractivity contribution >= 4 is 11.4 Å². The zero-order valence-electron chi connectivity index (χ0n) is 10.7. The van der Waals surface area contributed by atoms with Crippen LogP contribution in [0.1, 0.15) is 12.7 Å². The Morgan fingerprint density at radius 3 is 2.78 bits per heavy atom. The fourth-order valence-electron chi connectivity index (χ4n) is 1.88. The highest BCUT2D eigenvalue weighted by Crippen LogP contribution is 2.26. The summed E-state index contributed by atoms with van der Waals surface area (Å²) in [7, 11) is 1.64. The molecule has 0 bridgehead atoms. The van der Waals surface area contributed by atoms with Gasteiger partial charge in [-0.2, -0.15) is 0 Å². The molecule has 0 spiro atoms. The summed E-state index contributed by atoms with van der Waals surface area (Å²) in [5.41, 5.74) is 7.60. The van der Waals surface area contributed by atoms with Gasteiger partial charge >= 0.3 is 0 Å². The first-order valence-corrected chi connectivity index (χ1v) is 5.94. The van der Waals surface area contributed by atoms with Crippen molar-refractivity contribution in [2.75, 3.05) is 24.3 Å². The lowest BCUT2D eigenvalue weighted by Gasteiger charge is -2.22. The Kier molecular flexibility index (Phi) is 3.77. The number of anilines is 2. The number of benzene rings is 1. The van der Waals surface area contributed by atoms with Gasteiger partial charge in [-0.05, 0) is 25.1 Å². The highest BCUT2D eigenvalue weighted by atomic mass is 16.5. The van der Waals surface area contributed by atoms with Crippen molar-refractivity contribution in [1.29, 1.82) is 0 Å². The van der Waals surface area contributed by atoms with Crippen molar-refractivity contribution in [3.8, 4) is 5.75 Å². The lowest BCUT2D eigenvalue weighted by Crippen LogP contribution is -2.21. The Morgan fingerprint density at radius 1 is 1.33 bits per heavy atom. The SMILES string of the molecule is CCN(Cc1ccco1)c1cc(N)cc(OC)c1. The minimum Gasteiger partial charge on any atom is -0.497 e. The molecule has 0 aliphatic rings. The second-order valence-electron chi connectivity index (χ2n) is 4.06. The molecule has 0 atom stereocenters. The molecule has 0 aliphatic carbocycles. The summed E-state index contributed by atoms with van der Waals surface area (Å²) in [6.45, 7) is 3.68. The maximum Gasteiger partial charge on any atom is 0.123 e. The summed E-state index contributed by atoms with van der Waals surface area (Å²) in [5.74, 6) is 1.70. The van der Waals surface area contributed by atoms with E-state index < -0.39 is 0 Å². The molecule has 2 aromatic rings. The number of nitrogens with zero attached hydrogens (tertiary/aromatic N) is 1. The zero-order chi connectivity index (χ0) is 13.0. The third-order valence-corrected chi connectivity index (χ3v) is 2.82. The van der Waals surface area contributed by atoms with Crippen LogP contribution in [-0.4, -0.2) is 13.7 Å². The van der Waals surface area contributed by atoms with E-state index in [1.54, 1.807) is 13.4 Å². The third kappa shape index (κ3) is 2.77. The quantitative estimate of drug-likeness (QED) is 0.824. The van der Waals surface area contributed by atoms with Crippen LogP contribution in [0.4, 0.5) is 11.4 Å². The molecule has 0 aliphatic heterocycles. The van der Waals surface area contributed by atoms with E-state index in [2.05, 4.69) is 11.8 Å². The summed E-state index contributed by atoms with van der Waals surface area (Å²) >= 11 is 0. The molecule has 0 saturated heterocycles. The van der Waals surface area contributed by atoms with E-state index in [4.69, 9.17) is 14.9 Å². The van der Waals surface area contributed by atoms with Gasteiger partial charge in [0.2, 0.25) is 0 Å². The maximum absolute atomic E-state index is 5.87. The number of nitrogens with two attached hydrogens (primary N) is 1. The molecule has 18 heavy (non-hydrogen) atoms. The second-order valence-corrected chi connectivity index (χ2v) is 4.06. The fraction of sp³-hybridized carbons (Fsp3) is 0.286. The number of hydrogen-bond acceptors (Lipinski definition) is 4. The molecule has 0 saturated carbocycles. The van der Waals surface area contributed by atoms with Gasteiger partial charge in [-0.3, -0.25) is 0 Å². The summed E-state index contributed by atoms with van der Waals surface area (Å²) in [4.78, 5) is 2.18. The van der Waals surface area contributed by atoms with Crippen molar-refractivity contribution in [2.24, 2.45) is 0 Å². The van der Waals surface area contributed by atoms with Gasteiger partial charge in [0.25, 0.3) is 0 Å². The van der Waals surface area contributed by atoms with Gasteiger partial charge in [0.15, 0.2) is 0 Å². The van der Waals surface area contributed by atoms with Crippen LogP contribution in [0.3, 0.4) is 0 Å². The predicted octanol–water partition coefficient (Wildman–Crippen LogP) is 2.90. The molecule has 4 nitrogen and oxygen atoms in total. The smallest absolute Gasteiger partial charge is 0.123 e. The number of furan rings is 1. The van der Waals surface area contributed by atoms with Crippen molar-refractivity contribution in [3.05, 3.63) is 42.4 Å². The number of hydrogen-bond donors (Lipinski definition) is 1. The fourth-order valence-corrected chi connectivity index (χ4v) is 1.88. The molecule has 96 valence electrons. The topological polar surface area (TPSA) is 51.6 Å². The Bertz CT molecular complexity index is 495. The summed E-state index contributed by atoms with van der Waals surface area (Å²) in [6, 6.07) is 9.58. The van der Waals surface area contributed by atoms with Gasteiger partial charge < -0.3 is 19.8 Å². The molecule has 1 heterocycles. The number of ether oxygens (including phenoxy) is 1. The monoisotopic (exact) mass is 246 g/mol. The number of rotatable bonds is 5. The van der Waals surface area contributed by atoms with Crippen molar-refractivity contribution in [2.45, 2.75) is 13.5 Å². The van der Waals surface area contributed by atoms with E-state index in [1.807, 2.05) is 30.3 Å². The average molecular weight is 246 g/mol. The summed E-state index contributed by atoms with van der Waals surface area (Å²) in [5, 5.41) is 0. The first kappa shape index (κ1) is 12.4. The van der Waals surface area contributed by atoms with Gasteiger partial charge in [0.1, 0.15) is 11.5 Å². The molecular formula is C14H18N2O2. The van der Waals surface area contributed by atoms with Gasteiger partial charge in [0, 0.05) is 30.1 Å². The molecule has 1 aromatic heterocycles. The highest BCUT2D eigenvalue weighted by molar-refractivity contribution is 5.60. The Labute approximate surface area is 107 Å². The minimum absolute atomic E-state index is 0.697. The van der Waals surface area contributed by atoms with Gasteiger partial charge in [0.05, 0.1) is 19.9 Å². The molecule has 1 aromatic carbocycles. The molecule has 0 fully saturated rings. The molecule has 0 unspecified atom stereocenters. The van der Waals surface area contributed by atoms with E-state index >= 15 is 0 Å². The van der Waals surface area contributed by atoms with Crippen LogP contribution in [0, 0.1) is 0 Å². The van der Waals surface area contributed by atoms with Crippen molar-refractivity contribution in [3.63, 3.8) is 0 Å². The van der Waals surface area contributed by atoms with E-state index in [0.29, 0.717) is 5.69 Å². The van der Waals surface area contributed by atoms with Gasteiger partial charge in [-0.25, -0.2) is 0 Å². The highest BCUT2D eigenvalue weighted by Gasteiger charge is 2.09. The Morgan fingerprint density at radius 2 is 2.17 bits per heavy atom. The molecule has 0 amide bonds. The van der Waals surface area contributed by atoms with Crippen LogP contribution < -0.4 is 15.4 Å². The maximum atomic E-state index is 5.87. The molecule has 4 heteroatoms. The van der Waals surface area contributed by atoms with E-state index in [9.17, 15) is 0 Å². The molecule has 0 radical (unpaired) electrons. The Balaban J connectivity index is 2.24. The van der Waals surface area contributed by atoms with Gasteiger partial charge in [-0.1, -0.05) is 0 Å². The normalized spacial score (nSPS) is 10.3. The molecule has 2 rings (SSSR count). The first-order valence-electron chi connectivity index (χ1n) is 5.94. The van der Waals surface area contributed by atoms with Crippen LogP contribution in [0.25, 0.3) is 0 Å².